The maximum absolute atomic E-state index is 13.2. The number of ether oxygens (including phenoxy) is 2. The van der Waals surface area contributed by atoms with Gasteiger partial charge in [0.15, 0.2) is 29.8 Å². The highest BCUT2D eigenvalue weighted by molar-refractivity contribution is 14.1. The Morgan fingerprint density at radius 1 is 0.767 bits per heavy atom. The van der Waals surface area contributed by atoms with Gasteiger partial charge in [-0.25, -0.2) is 18.7 Å². The van der Waals surface area contributed by atoms with Crippen LogP contribution < -0.4 is 9.47 Å². The summed E-state index contributed by atoms with van der Waals surface area (Å²) in [7, 11) is 0. The number of pyridine rings is 2. The van der Waals surface area contributed by atoms with Gasteiger partial charge in [-0.3, -0.25) is 9.59 Å². The van der Waals surface area contributed by atoms with Gasteiger partial charge in [0, 0.05) is 33.6 Å². The predicted molar refractivity (Wildman–Crippen MR) is 170 cm³/mol. The minimum Gasteiger partial charge on any atom is -0.491 e. The van der Waals surface area contributed by atoms with Crippen LogP contribution in [0.3, 0.4) is 0 Å². The fourth-order valence-corrected chi connectivity index (χ4v) is 4.02. The van der Waals surface area contributed by atoms with Crippen LogP contribution in [0, 0.1) is 53.4 Å². The van der Waals surface area contributed by atoms with Gasteiger partial charge >= 0.3 is 0 Å². The molecule has 9 heteroatoms. The predicted octanol–water partition coefficient (Wildman–Crippen LogP) is 7.15. The summed E-state index contributed by atoms with van der Waals surface area (Å²) in [4.78, 5) is 29.8. The molecule has 4 rings (SSSR count). The molecule has 2 aromatic carbocycles. The molecule has 0 bridgehead atoms. The average Bonchev–Trinajstić information content (AvgIpc) is 2.99. The smallest absolute Gasteiger partial charge is 0.155 e. The number of terminal acetylenes is 1. The number of hydrogen-bond donors (Lipinski definition) is 0. The maximum atomic E-state index is 13.2. The zero-order valence-corrected chi connectivity index (χ0v) is 26.2. The highest BCUT2D eigenvalue weighted by Crippen LogP contribution is 2.18. The summed E-state index contributed by atoms with van der Waals surface area (Å²) >= 11 is 2.17. The van der Waals surface area contributed by atoms with Crippen molar-refractivity contribution in [3.63, 3.8) is 0 Å². The molecule has 6 nitrogen and oxygen atoms in total. The Labute approximate surface area is 264 Å². The average molecular weight is 695 g/mol. The van der Waals surface area contributed by atoms with Crippen LogP contribution in [-0.2, 0) is 0 Å². The summed E-state index contributed by atoms with van der Waals surface area (Å²) in [5.74, 6) is 8.42. The van der Waals surface area contributed by atoms with Crippen molar-refractivity contribution >= 4 is 35.2 Å². The lowest BCUT2D eigenvalue weighted by molar-refractivity contribution is 0.111. The molecule has 0 N–H and O–H groups in total. The molecule has 0 spiro atoms. The summed E-state index contributed by atoms with van der Waals surface area (Å²) in [5.41, 5.74) is 3.60. The Hall–Kier alpha value is -4.61. The lowest BCUT2D eigenvalue weighted by Crippen LogP contribution is -1.97. The Balaban J connectivity index is 0.000000247. The van der Waals surface area contributed by atoms with Crippen LogP contribution >= 0.6 is 22.6 Å². The first kappa shape index (κ1) is 34.6. The van der Waals surface area contributed by atoms with Crippen molar-refractivity contribution in [3.8, 4) is 35.7 Å². The highest BCUT2D eigenvalue weighted by atomic mass is 127. The van der Waals surface area contributed by atoms with Gasteiger partial charge in [0.1, 0.15) is 15.3 Å². The molecular formula is C34H29F2IN2O4. The molecule has 220 valence electrons. The van der Waals surface area contributed by atoms with Crippen molar-refractivity contribution in [1.82, 2.24) is 9.97 Å². The van der Waals surface area contributed by atoms with E-state index in [0.29, 0.717) is 59.5 Å². The summed E-state index contributed by atoms with van der Waals surface area (Å²) in [6.07, 6.45) is 6.27. The largest absolute Gasteiger partial charge is 0.491 e. The van der Waals surface area contributed by atoms with E-state index >= 15 is 0 Å². The van der Waals surface area contributed by atoms with E-state index in [1.54, 1.807) is 6.07 Å². The zero-order valence-electron chi connectivity index (χ0n) is 24.1. The van der Waals surface area contributed by atoms with Gasteiger partial charge in [-0.2, -0.15) is 0 Å². The molecule has 0 aliphatic carbocycles. The monoisotopic (exact) mass is 694 g/mol. The molecule has 0 radical (unpaired) electrons. The van der Waals surface area contributed by atoms with Crippen LogP contribution in [0.15, 0.2) is 60.7 Å². The van der Waals surface area contributed by atoms with Gasteiger partial charge in [-0.15, -0.1) is 6.42 Å². The fraction of sp³-hybridized carbons (Fsp3) is 0.176. The first-order valence-electron chi connectivity index (χ1n) is 13.0. The Kier molecular flexibility index (Phi) is 14.5. The molecule has 2 aromatic heterocycles. The third-order valence-corrected chi connectivity index (χ3v) is 6.08. The van der Waals surface area contributed by atoms with Gasteiger partial charge in [0.25, 0.3) is 0 Å². The van der Waals surface area contributed by atoms with Gasteiger partial charge in [0.2, 0.25) is 0 Å². The van der Waals surface area contributed by atoms with E-state index in [0.717, 1.165) is 26.9 Å². The number of halogens is 3. The molecule has 0 atom stereocenters. The number of carbonyl (C=O) groups excluding carboxylic acids is 2. The molecule has 0 unspecified atom stereocenters. The van der Waals surface area contributed by atoms with E-state index < -0.39 is 11.6 Å². The quantitative estimate of drug-likeness (QED) is 0.0924. The zero-order chi connectivity index (χ0) is 31.8. The van der Waals surface area contributed by atoms with Crippen LogP contribution in [0.4, 0.5) is 8.78 Å². The third-order valence-electron chi connectivity index (χ3n) is 5.31. The van der Waals surface area contributed by atoms with E-state index in [4.69, 9.17) is 15.9 Å². The molecular weight excluding hydrogens is 665 g/mol. The van der Waals surface area contributed by atoms with E-state index in [9.17, 15) is 18.4 Å². The van der Waals surface area contributed by atoms with Crippen molar-refractivity contribution in [3.05, 3.63) is 115 Å². The number of hydrogen-bond acceptors (Lipinski definition) is 6. The van der Waals surface area contributed by atoms with E-state index in [1.165, 1.54) is 30.3 Å². The SMILES string of the molecule is C#Cc1cc(F)ccc1C=O.CCOc1ccc(C)nc1C#Cc1cc(F)ccc1C=O.CCOc1ccc(C)nc1I. The normalized spacial score (nSPS) is 9.44. The maximum Gasteiger partial charge on any atom is 0.155 e. The second kappa shape index (κ2) is 18.0. The molecule has 43 heavy (non-hydrogen) atoms. The molecule has 2 heterocycles. The number of nitrogens with zero attached hydrogens (tertiary/aromatic N) is 2. The van der Waals surface area contributed by atoms with Crippen molar-refractivity contribution in [2.24, 2.45) is 0 Å². The first-order valence-corrected chi connectivity index (χ1v) is 14.1. The molecule has 0 amide bonds. The minimum absolute atomic E-state index is 0.292. The second-order valence-electron chi connectivity index (χ2n) is 8.50. The number of aryl methyl sites for hydroxylation is 2. The standard InChI is InChI=1S/C17H14FNO2.C9H5FO.C8H10INO/c1-3-21-17-9-4-12(2)19-16(17)8-6-13-10-15(18)7-5-14(13)11-20;1-2-7-5-9(10)4-3-8(7)6-11;1-3-11-7-5-4-6(2)10-8(7)9/h4-5,7,9-11H,3H2,1-2H3;1,3-6H;4-5H,3H2,1-2H3. The van der Waals surface area contributed by atoms with Crippen molar-refractivity contribution in [2.75, 3.05) is 13.2 Å². The fourth-order valence-electron chi connectivity index (χ4n) is 3.30. The summed E-state index contributed by atoms with van der Waals surface area (Å²) in [5, 5.41) is 0. The van der Waals surface area contributed by atoms with E-state index in [2.05, 4.69) is 50.3 Å². The third kappa shape index (κ3) is 11.3. The van der Waals surface area contributed by atoms with Gasteiger partial charge in [-0.1, -0.05) is 11.8 Å². The number of carbonyl (C=O) groups is 2. The van der Waals surface area contributed by atoms with Gasteiger partial charge < -0.3 is 9.47 Å². The molecule has 0 saturated carbocycles. The molecule has 4 aromatic rings. The molecule has 0 fully saturated rings. The lowest BCUT2D eigenvalue weighted by Gasteiger charge is -2.05. The van der Waals surface area contributed by atoms with Crippen LogP contribution in [0.1, 0.15) is 62.8 Å². The van der Waals surface area contributed by atoms with Crippen molar-refractivity contribution in [1.29, 1.82) is 0 Å². The minimum atomic E-state index is -0.438. The van der Waals surface area contributed by atoms with E-state index in [-0.39, 0.29) is 0 Å². The Morgan fingerprint density at radius 3 is 1.81 bits per heavy atom. The van der Waals surface area contributed by atoms with Crippen molar-refractivity contribution < 1.29 is 27.8 Å². The van der Waals surface area contributed by atoms with Crippen LogP contribution in [0.2, 0.25) is 0 Å². The number of benzene rings is 2. The van der Waals surface area contributed by atoms with Gasteiger partial charge in [-0.05, 0) is 117 Å². The number of aldehydes is 2. The summed E-state index contributed by atoms with van der Waals surface area (Å²) < 4.78 is 37.4. The second-order valence-corrected chi connectivity index (χ2v) is 9.52. The molecule has 0 aliphatic heterocycles. The van der Waals surface area contributed by atoms with Crippen LogP contribution in [0.5, 0.6) is 11.5 Å². The summed E-state index contributed by atoms with van der Waals surface area (Å²) in [6, 6.07) is 15.1. The highest BCUT2D eigenvalue weighted by Gasteiger charge is 2.05. The van der Waals surface area contributed by atoms with Crippen molar-refractivity contribution in [2.45, 2.75) is 27.7 Å². The lowest BCUT2D eigenvalue weighted by atomic mass is 10.1. The number of aromatic nitrogens is 2. The van der Waals surface area contributed by atoms with Crippen LogP contribution in [-0.4, -0.2) is 35.8 Å². The molecule has 0 saturated heterocycles. The number of rotatable bonds is 6. The Morgan fingerprint density at radius 2 is 1.28 bits per heavy atom. The van der Waals surface area contributed by atoms with Gasteiger partial charge in [0.05, 0.1) is 13.2 Å². The first-order chi connectivity index (χ1) is 20.6. The molecule has 0 aliphatic rings. The Bertz CT molecular complexity index is 1670. The summed E-state index contributed by atoms with van der Waals surface area (Å²) in [6.45, 7) is 8.85. The van der Waals surface area contributed by atoms with E-state index in [1.807, 2.05) is 45.9 Å². The van der Waals surface area contributed by atoms with Crippen LogP contribution in [0.25, 0.3) is 0 Å². The topological polar surface area (TPSA) is 78.4 Å².